The van der Waals surface area contributed by atoms with Gasteiger partial charge in [-0.3, -0.25) is 9.78 Å². The fraction of sp³-hybridized carbons (Fsp3) is 0.357. The minimum Gasteiger partial charge on any atom is -0.469 e. The van der Waals surface area contributed by atoms with Crippen LogP contribution in [0.2, 0.25) is 0 Å². The molecule has 1 atom stereocenters. The lowest BCUT2D eigenvalue weighted by Gasteiger charge is -2.22. The molecule has 0 saturated carbocycles. The highest BCUT2D eigenvalue weighted by Crippen LogP contribution is 2.30. The van der Waals surface area contributed by atoms with Crippen molar-refractivity contribution in [1.29, 1.82) is 0 Å². The Hall–Kier alpha value is -2.17. The zero-order chi connectivity index (χ0) is 13.2. The van der Waals surface area contributed by atoms with Crippen LogP contribution < -0.4 is 5.32 Å². The topological polar surface area (TPSA) is 68.0 Å². The van der Waals surface area contributed by atoms with Gasteiger partial charge in [-0.2, -0.15) is 0 Å². The maximum Gasteiger partial charge on any atom is 0.271 e. The lowest BCUT2D eigenvalue weighted by Crippen LogP contribution is -2.31. The van der Waals surface area contributed by atoms with Gasteiger partial charge in [0.2, 0.25) is 0 Å². The van der Waals surface area contributed by atoms with Crippen LogP contribution in [0.4, 0.5) is 0 Å². The van der Waals surface area contributed by atoms with Crippen molar-refractivity contribution in [3.8, 4) is 0 Å². The third-order valence-corrected chi connectivity index (χ3v) is 3.37. The Labute approximate surface area is 111 Å². The molecule has 0 aliphatic heterocycles. The van der Waals surface area contributed by atoms with Crippen molar-refractivity contribution in [3.05, 3.63) is 47.4 Å². The Morgan fingerprint density at radius 2 is 2.32 bits per heavy atom. The summed E-state index contributed by atoms with van der Waals surface area (Å²) in [6, 6.07) is 1.94. The van der Waals surface area contributed by atoms with Crippen molar-refractivity contribution >= 4 is 5.91 Å². The minimum absolute atomic E-state index is 0.0121. The number of aryl methyl sites for hydroxylation is 2. The summed E-state index contributed by atoms with van der Waals surface area (Å²) >= 11 is 0. The molecular formula is C14H15N3O2. The minimum atomic E-state index is -0.188. The first-order chi connectivity index (χ1) is 9.24. The summed E-state index contributed by atoms with van der Waals surface area (Å²) in [7, 11) is 0. The van der Waals surface area contributed by atoms with Gasteiger partial charge in [0.05, 0.1) is 24.2 Å². The summed E-state index contributed by atoms with van der Waals surface area (Å²) in [6.07, 6.45) is 7.67. The van der Waals surface area contributed by atoms with E-state index >= 15 is 0 Å². The lowest BCUT2D eigenvalue weighted by molar-refractivity contribution is 0.0926. The second-order valence-corrected chi connectivity index (χ2v) is 4.76. The molecule has 1 N–H and O–H groups in total. The lowest BCUT2D eigenvalue weighted by atomic mass is 9.93. The first kappa shape index (κ1) is 11.9. The largest absolute Gasteiger partial charge is 0.469 e. The molecule has 1 amide bonds. The molecule has 2 heterocycles. The van der Waals surface area contributed by atoms with E-state index in [1.165, 1.54) is 6.20 Å². The monoisotopic (exact) mass is 257 g/mol. The summed E-state index contributed by atoms with van der Waals surface area (Å²) in [4.78, 5) is 20.3. The number of amides is 1. The molecule has 3 rings (SSSR count). The van der Waals surface area contributed by atoms with Gasteiger partial charge in [-0.15, -0.1) is 0 Å². The molecule has 2 aromatic heterocycles. The maximum absolute atomic E-state index is 12.1. The van der Waals surface area contributed by atoms with E-state index < -0.39 is 0 Å². The third-order valence-electron chi connectivity index (χ3n) is 3.37. The smallest absolute Gasteiger partial charge is 0.271 e. The van der Waals surface area contributed by atoms with E-state index in [1.54, 1.807) is 12.5 Å². The van der Waals surface area contributed by atoms with Gasteiger partial charge < -0.3 is 9.73 Å². The van der Waals surface area contributed by atoms with Gasteiger partial charge in [-0.1, -0.05) is 0 Å². The van der Waals surface area contributed by atoms with E-state index in [4.69, 9.17) is 4.42 Å². The molecule has 0 aromatic carbocycles. The molecule has 19 heavy (non-hydrogen) atoms. The van der Waals surface area contributed by atoms with E-state index in [0.717, 1.165) is 36.3 Å². The summed E-state index contributed by atoms with van der Waals surface area (Å²) < 4.78 is 5.41. The van der Waals surface area contributed by atoms with Crippen molar-refractivity contribution in [3.63, 3.8) is 0 Å². The highest BCUT2D eigenvalue weighted by molar-refractivity contribution is 5.92. The number of aromatic nitrogens is 2. The zero-order valence-electron chi connectivity index (χ0n) is 10.7. The van der Waals surface area contributed by atoms with Crippen LogP contribution in [0.3, 0.4) is 0 Å². The van der Waals surface area contributed by atoms with Gasteiger partial charge in [0.25, 0.3) is 5.91 Å². The van der Waals surface area contributed by atoms with Crippen LogP contribution in [-0.2, 0) is 6.42 Å². The van der Waals surface area contributed by atoms with Gasteiger partial charge in [-0.25, -0.2) is 4.98 Å². The SMILES string of the molecule is Cc1cnc(C(=O)N[C@@H]2CCCc3occc32)cn1. The average Bonchev–Trinajstić information content (AvgIpc) is 2.89. The molecule has 0 radical (unpaired) electrons. The Morgan fingerprint density at radius 1 is 1.42 bits per heavy atom. The van der Waals surface area contributed by atoms with Crippen LogP contribution >= 0.6 is 0 Å². The number of hydrogen-bond donors (Lipinski definition) is 1. The van der Waals surface area contributed by atoms with Crippen molar-refractivity contribution in [2.24, 2.45) is 0 Å². The highest BCUT2D eigenvalue weighted by Gasteiger charge is 2.24. The summed E-state index contributed by atoms with van der Waals surface area (Å²) in [5.74, 6) is 0.790. The Balaban J connectivity index is 1.76. The Kier molecular flexibility index (Phi) is 3.03. The molecule has 5 heteroatoms. The number of fused-ring (bicyclic) bond motifs is 1. The van der Waals surface area contributed by atoms with E-state index in [0.29, 0.717) is 5.69 Å². The number of furan rings is 1. The number of hydrogen-bond acceptors (Lipinski definition) is 4. The van der Waals surface area contributed by atoms with Gasteiger partial charge in [0.15, 0.2) is 0 Å². The van der Waals surface area contributed by atoms with E-state index in [1.807, 2.05) is 13.0 Å². The number of nitrogens with one attached hydrogen (secondary N) is 1. The Morgan fingerprint density at radius 3 is 3.11 bits per heavy atom. The predicted molar refractivity (Wildman–Crippen MR) is 68.6 cm³/mol. The second-order valence-electron chi connectivity index (χ2n) is 4.76. The number of carbonyl (C=O) groups is 1. The first-order valence-corrected chi connectivity index (χ1v) is 6.40. The molecule has 1 aliphatic rings. The van der Waals surface area contributed by atoms with Gasteiger partial charge in [-0.05, 0) is 25.8 Å². The molecule has 5 nitrogen and oxygen atoms in total. The normalized spacial score (nSPS) is 17.8. The van der Waals surface area contributed by atoms with E-state index in [-0.39, 0.29) is 11.9 Å². The van der Waals surface area contributed by atoms with Crippen LogP contribution in [0.5, 0.6) is 0 Å². The van der Waals surface area contributed by atoms with Crippen LogP contribution in [-0.4, -0.2) is 15.9 Å². The second kappa shape index (κ2) is 4.84. The predicted octanol–water partition coefficient (Wildman–Crippen LogP) is 2.19. The molecule has 0 saturated heterocycles. The molecular weight excluding hydrogens is 242 g/mol. The standard InChI is InChI=1S/C14H15N3O2/c1-9-7-16-12(8-15-9)14(18)17-11-3-2-4-13-10(11)5-6-19-13/h5-8,11H,2-4H2,1H3,(H,17,18)/t11-/m1/s1. The number of carbonyl (C=O) groups excluding carboxylic acids is 1. The summed E-state index contributed by atoms with van der Waals surface area (Å²) in [5, 5.41) is 3.00. The molecule has 0 unspecified atom stereocenters. The molecule has 0 spiro atoms. The molecule has 98 valence electrons. The molecule has 2 aromatic rings. The van der Waals surface area contributed by atoms with Crippen molar-refractivity contribution in [1.82, 2.24) is 15.3 Å². The van der Waals surface area contributed by atoms with Crippen LogP contribution in [0.15, 0.2) is 29.1 Å². The van der Waals surface area contributed by atoms with Gasteiger partial charge in [0, 0.05) is 18.2 Å². The molecule has 1 aliphatic carbocycles. The third kappa shape index (κ3) is 2.36. The van der Waals surface area contributed by atoms with Crippen LogP contribution in [0.25, 0.3) is 0 Å². The zero-order valence-corrected chi connectivity index (χ0v) is 10.7. The number of nitrogens with zero attached hydrogens (tertiary/aromatic N) is 2. The highest BCUT2D eigenvalue weighted by atomic mass is 16.3. The van der Waals surface area contributed by atoms with Gasteiger partial charge in [0.1, 0.15) is 11.5 Å². The average molecular weight is 257 g/mol. The molecule has 0 bridgehead atoms. The van der Waals surface area contributed by atoms with Gasteiger partial charge >= 0.3 is 0 Å². The molecule has 0 fully saturated rings. The summed E-state index contributed by atoms with van der Waals surface area (Å²) in [5.41, 5.74) is 2.23. The Bertz CT molecular complexity index is 589. The first-order valence-electron chi connectivity index (χ1n) is 6.40. The number of rotatable bonds is 2. The van der Waals surface area contributed by atoms with Crippen LogP contribution in [0.1, 0.15) is 46.4 Å². The fourth-order valence-corrected chi connectivity index (χ4v) is 2.38. The fourth-order valence-electron chi connectivity index (χ4n) is 2.38. The summed E-state index contributed by atoms with van der Waals surface area (Å²) in [6.45, 7) is 1.84. The van der Waals surface area contributed by atoms with Crippen molar-refractivity contribution < 1.29 is 9.21 Å². The van der Waals surface area contributed by atoms with Crippen molar-refractivity contribution in [2.45, 2.75) is 32.2 Å². The van der Waals surface area contributed by atoms with Crippen molar-refractivity contribution in [2.75, 3.05) is 0 Å². The quantitative estimate of drug-likeness (QED) is 0.895. The van der Waals surface area contributed by atoms with E-state index in [9.17, 15) is 4.79 Å². The van der Waals surface area contributed by atoms with E-state index in [2.05, 4.69) is 15.3 Å². The van der Waals surface area contributed by atoms with Crippen LogP contribution in [0, 0.1) is 6.92 Å². The maximum atomic E-state index is 12.1.